The minimum Gasteiger partial charge on any atom is -0.369 e. The maximum Gasteiger partial charge on any atom is 0.269 e. The molecule has 0 saturated carbocycles. The molecule has 1 fully saturated rings. The predicted molar refractivity (Wildman–Crippen MR) is 101 cm³/mol. The van der Waals surface area contributed by atoms with Crippen molar-refractivity contribution >= 4 is 22.8 Å². The molecular weight excluding hydrogens is 377 g/mol. The zero-order valence-electron chi connectivity index (χ0n) is 15.4. The number of nitrogens with zero attached hydrogens (tertiary/aromatic N) is 4. The molecule has 0 bridgehead atoms. The Hall–Kier alpha value is -3.77. The first-order valence-electron chi connectivity index (χ1n) is 8.75. The Morgan fingerprint density at radius 1 is 1.38 bits per heavy atom. The van der Waals surface area contributed by atoms with Crippen LogP contribution in [0.15, 0.2) is 36.5 Å². The summed E-state index contributed by atoms with van der Waals surface area (Å²) >= 11 is 0. The second kappa shape index (κ2) is 6.68. The summed E-state index contributed by atoms with van der Waals surface area (Å²) in [6.45, 7) is 0.368. The second-order valence-electron chi connectivity index (χ2n) is 6.75. The number of pyridine rings is 1. The zero-order chi connectivity index (χ0) is 20.8. The number of carbonyl (C=O) groups excluding carboxylic acids is 2. The number of benzene rings is 1. The van der Waals surface area contributed by atoms with E-state index in [0.29, 0.717) is 23.3 Å². The highest BCUT2D eigenvalue weighted by Crippen LogP contribution is 2.23. The highest BCUT2D eigenvalue weighted by atomic mass is 19.1. The molecule has 29 heavy (non-hydrogen) atoms. The third kappa shape index (κ3) is 3.09. The van der Waals surface area contributed by atoms with Gasteiger partial charge in [0.1, 0.15) is 5.82 Å². The maximum atomic E-state index is 14.3. The molecule has 1 aromatic carbocycles. The Labute approximate surface area is 164 Å². The van der Waals surface area contributed by atoms with Gasteiger partial charge < -0.3 is 15.7 Å². The van der Waals surface area contributed by atoms with Crippen LogP contribution in [0.3, 0.4) is 0 Å². The number of likely N-dealkylation sites (tertiary alicyclic amines) is 1. The first-order chi connectivity index (χ1) is 13.8. The van der Waals surface area contributed by atoms with E-state index in [1.165, 1.54) is 34.0 Å². The highest BCUT2D eigenvalue weighted by molar-refractivity contribution is 6.03. The molecule has 1 aliphatic rings. The van der Waals surface area contributed by atoms with Gasteiger partial charge in [-0.3, -0.25) is 9.59 Å². The number of fused-ring (bicyclic) bond motifs is 1. The number of amides is 2. The lowest BCUT2D eigenvalue weighted by molar-refractivity contribution is -0.137. The number of aromatic nitrogens is 3. The maximum absolute atomic E-state index is 14.3. The van der Waals surface area contributed by atoms with Gasteiger partial charge in [0.2, 0.25) is 5.60 Å². The van der Waals surface area contributed by atoms with Crippen molar-refractivity contribution < 1.29 is 19.1 Å². The van der Waals surface area contributed by atoms with Crippen LogP contribution in [0.4, 0.5) is 4.39 Å². The Kier molecular flexibility index (Phi) is 4.28. The van der Waals surface area contributed by atoms with Crippen molar-refractivity contribution in [2.24, 2.45) is 5.73 Å². The van der Waals surface area contributed by atoms with E-state index >= 15 is 0 Å². The van der Waals surface area contributed by atoms with Gasteiger partial charge in [0.25, 0.3) is 11.8 Å². The van der Waals surface area contributed by atoms with Crippen LogP contribution in [0.2, 0.25) is 0 Å². The first kappa shape index (κ1) is 18.6. The van der Waals surface area contributed by atoms with E-state index in [4.69, 9.17) is 5.73 Å². The van der Waals surface area contributed by atoms with Gasteiger partial charge in [0.15, 0.2) is 11.3 Å². The molecule has 9 heteroatoms. The summed E-state index contributed by atoms with van der Waals surface area (Å²) in [5.41, 5.74) is 4.34. The number of hydrogen-bond acceptors (Lipinski definition) is 5. The number of hydrogen-bond donors (Lipinski definition) is 2. The van der Waals surface area contributed by atoms with Crippen LogP contribution < -0.4 is 5.73 Å². The number of aliphatic hydroxyl groups is 1. The van der Waals surface area contributed by atoms with Gasteiger partial charge in [-0.2, -0.15) is 5.10 Å². The number of nitrogens with two attached hydrogens (primary N) is 1. The normalized spacial score (nSPS) is 18.7. The third-order valence-electron chi connectivity index (χ3n) is 4.78. The molecule has 0 spiro atoms. The van der Waals surface area contributed by atoms with Gasteiger partial charge in [-0.05, 0) is 30.3 Å². The highest BCUT2D eigenvalue weighted by Gasteiger charge is 2.42. The van der Waals surface area contributed by atoms with Gasteiger partial charge >= 0.3 is 0 Å². The third-order valence-corrected chi connectivity index (χ3v) is 4.78. The Bertz CT molecular complexity index is 1230. The summed E-state index contributed by atoms with van der Waals surface area (Å²) in [7, 11) is 1.56. The van der Waals surface area contributed by atoms with Crippen molar-refractivity contribution in [3.05, 3.63) is 53.6 Å². The molecule has 146 valence electrons. The van der Waals surface area contributed by atoms with Crippen LogP contribution in [-0.4, -0.2) is 55.8 Å². The molecule has 0 radical (unpaired) electrons. The average Bonchev–Trinajstić information content (AvgIpc) is 3.22. The van der Waals surface area contributed by atoms with Gasteiger partial charge in [0, 0.05) is 26.2 Å². The molecule has 4 rings (SSSR count). The molecule has 3 aromatic rings. The minimum absolute atomic E-state index is 0.0292. The number of carbonyl (C=O) groups is 2. The van der Waals surface area contributed by atoms with Crippen molar-refractivity contribution in [3.8, 4) is 17.5 Å². The van der Waals surface area contributed by atoms with Gasteiger partial charge in [0.05, 0.1) is 16.6 Å². The Morgan fingerprint density at radius 3 is 2.86 bits per heavy atom. The van der Waals surface area contributed by atoms with Crippen LogP contribution in [0, 0.1) is 17.7 Å². The fourth-order valence-electron chi connectivity index (χ4n) is 3.20. The molecule has 3 heterocycles. The van der Waals surface area contributed by atoms with E-state index in [0.717, 1.165) is 0 Å². The van der Waals surface area contributed by atoms with Crippen molar-refractivity contribution in [2.75, 3.05) is 13.6 Å². The lowest BCUT2D eigenvalue weighted by atomic mass is 10.0. The molecule has 0 unspecified atom stereocenters. The molecule has 1 aliphatic heterocycles. The van der Waals surface area contributed by atoms with Crippen LogP contribution in [0.1, 0.15) is 22.5 Å². The fourth-order valence-corrected chi connectivity index (χ4v) is 3.20. The van der Waals surface area contributed by atoms with E-state index in [1.807, 2.05) is 0 Å². The molecule has 1 saturated heterocycles. The van der Waals surface area contributed by atoms with E-state index in [2.05, 4.69) is 21.9 Å². The summed E-state index contributed by atoms with van der Waals surface area (Å²) in [4.78, 5) is 29.3. The summed E-state index contributed by atoms with van der Waals surface area (Å²) in [6.07, 6.45) is 1.68. The lowest BCUT2D eigenvalue weighted by Gasteiger charge is -2.13. The fraction of sp³-hybridized carbons (Fsp3) is 0.200. The van der Waals surface area contributed by atoms with Crippen molar-refractivity contribution in [1.29, 1.82) is 0 Å². The second-order valence-corrected chi connectivity index (χ2v) is 6.75. The summed E-state index contributed by atoms with van der Waals surface area (Å²) < 4.78 is 15.7. The molecule has 3 N–H and O–H groups in total. The number of rotatable bonds is 2. The molecule has 2 amide bonds. The molecule has 1 atom stereocenters. The molecular formula is C20H16FN5O3. The van der Waals surface area contributed by atoms with E-state index in [-0.39, 0.29) is 17.7 Å². The van der Waals surface area contributed by atoms with Gasteiger partial charge in [-0.15, -0.1) is 0 Å². The smallest absolute Gasteiger partial charge is 0.269 e. The van der Waals surface area contributed by atoms with E-state index in [9.17, 15) is 19.1 Å². The van der Waals surface area contributed by atoms with Crippen molar-refractivity contribution in [2.45, 2.75) is 12.0 Å². The standard InChI is InChI=1S/C20H16FN5O3/c1-25-10-8-20(29,19(25)28)7-6-12-11-13(4-5-15(12)21)26-18-14(3-2-9-23-18)16(24-26)17(22)27/h2-5,9,11,29H,8,10H2,1H3,(H2,22,27)/t20-/m0/s1. The monoisotopic (exact) mass is 393 g/mol. The first-order valence-corrected chi connectivity index (χ1v) is 8.75. The Morgan fingerprint density at radius 2 is 2.17 bits per heavy atom. The predicted octanol–water partition coefficient (Wildman–Crippen LogP) is 0.603. The topological polar surface area (TPSA) is 114 Å². The molecule has 2 aromatic heterocycles. The van der Waals surface area contributed by atoms with E-state index < -0.39 is 23.2 Å². The Balaban J connectivity index is 1.80. The largest absolute Gasteiger partial charge is 0.369 e. The van der Waals surface area contributed by atoms with Crippen molar-refractivity contribution in [3.63, 3.8) is 0 Å². The lowest BCUT2D eigenvalue weighted by Crippen LogP contribution is -2.37. The molecule has 0 aliphatic carbocycles. The number of likely N-dealkylation sites (N-methyl/N-ethyl adjacent to an activating group) is 1. The summed E-state index contributed by atoms with van der Waals surface area (Å²) in [6, 6.07) is 7.36. The number of primary amides is 1. The number of halogens is 1. The quantitative estimate of drug-likeness (QED) is 0.619. The van der Waals surface area contributed by atoms with Crippen LogP contribution in [0.25, 0.3) is 16.7 Å². The van der Waals surface area contributed by atoms with Crippen LogP contribution in [0.5, 0.6) is 0 Å². The van der Waals surface area contributed by atoms with Gasteiger partial charge in [-0.25, -0.2) is 14.1 Å². The van der Waals surface area contributed by atoms with E-state index in [1.54, 1.807) is 19.2 Å². The summed E-state index contributed by atoms with van der Waals surface area (Å²) in [5.74, 6) is 3.19. The zero-order valence-corrected chi connectivity index (χ0v) is 15.4. The summed E-state index contributed by atoms with van der Waals surface area (Å²) in [5, 5.41) is 15.1. The minimum atomic E-state index is -1.84. The SMILES string of the molecule is CN1CC[C@@](O)(C#Cc2cc(-n3nc(C(N)=O)c4cccnc43)ccc2F)C1=O. The van der Waals surface area contributed by atoms with Crippen LogP contribution >= 0.6 is 0 Å². The van der Waals surface area contributed by atoms with Gasteiger partial charge in [-0.1, -0.05) is 11.8 Å². The average molecular weight is 393 g/mol. The van der Waals surface area contributed by atoms with Crippen molar-refractivity contribution in [1.82, 2.24) is 19.7 Å². The van der Waals surface area contributed by atoms with Crippen LogP contribution in [-0.2, 0) is 4.79 Å². The molecule has 8 nitrogen and oxygen atoms in total.